The molecule has 0 fully saturated rings. The lowest BCUT2D eigenvalue weighted by Gasteiger charge is -2.13. The number of sulfonamides is 1. The molecule has 0 bridgehead atoms. The lowest BCUT2D eigenvalue weighted by molar-refractivity contribution is 0.401. The molecule has 186 valence electrons. The van der Waals surface area contributed by atoms with Crippen molar-refractivity contribution in [3.05, 3.63) is 84.3 Å². The zero-order chi connectivity index (χ0) is 25.7. The fourth-order valence-electron chi connectivity index (χ4n) is 3.33. The highest BCUT2D eigenvalue weighted by Crippen LogP contribution is 2.27. The van der Waals surface area contributed by atoms with Crippen LogP contribution < -0.4 is 24.8 Å². The Labute approximate surface area is 208 Å². The van der Waals surface area contributed by atoms with Crippen LogP contribution in [0.15, 0.2) is 77.7 Å². The first-order valence-electron chi connectivity index (χ1n) is 10.8. The molecule has 9 nitrogen and oxygen atoms in total. The third kappa shape index (κ3) is 5.99. The summed E-state index contributed by atoms with van der Waals surface area (Å²) in [6.45, 7) is 1.85. The Morgan fingerprint density at radius 3 is 2.08 bits per heavy atom. The Morgan fingerprint density at radius 2 is 1.42 bits per heavy atom. The minimum absolute atomic E-state index is 0.0397. The summed E-state index contributed by atoms with van der Waals surface area (Å²) in [7, 11) is -1.15. The molecule has 0 aliphatic carbocycles. The second kappa shape index (κ2) is 10.5. The van der Waals surface area contributed by atoms with Gasteiger partial charge < -0.3 is 20.1 Å². The number of hydrogen-bond acceptors (Lipinski definition) is 8. The maximum Gasteiger partial charge on any atom is 0.265 e. The number of methoxy groups -OCH3 is 2. The third-order valence-electron chi connectivity index (χ3n) is 5.03. The maximum atomic E-state index is 13.6. The predicted molar refractivity (Wildman–Crippen MR) is 137 cm³/mol. The highest BCUT2D eigenvalue weighted by molar-refractivity contribution is 7.92. The van der Waals surface area contributed by atoms with Gasteiger partial charge in [-0.2, -0.15) is 4.98 Å². The van der Waals surface area contributed by atoms with E-state index >= 15 is 0 Å². The molecular weight excluding hydrogens is 485 g/mol. The van der Waals surface area contributed by atoms with Crippen LogP contribution >= 0.6 is 0 Å². The second-order valence-electron chi connectivity index (χ2n) is 7.67. The largest absolute Gasteiger partial charge is 0.497 e. The monoisotopic (exact) mass is 509 g/mol. The van der Waals surface area contributed by atoms with Crippen LogP contribution in [0.2, 0.25) is 0 Å². The fourth-order valence-corrected chi connectivity index (χ4v) is 4.57. The summed E-state index contributed by atoms with van der Waals surface area (Å²) in [5, 5.41) is 6.33. The van der Waals surface area contributed by atoms with E-state index < -0.39 is 15.8 Å². The Hall–Kier alpha value is -4.38. The molecule has 0 amide bonds. The quantitative estimate of drug-likeness (QED) is 0.281. The van der Waals surface area contributed by atoms with Crippen molar-refractivity contribution in [3.63, 3.8) is 0 Å². The van der Waals surface area contributed by atoms with Crippen molar-refractivity contribution in [3.8, 4) is 11.5 Å². The summed E-state index contributed by atoms with van der Waals surface area (Å²) in [4.78, 5) is 8.60. The van der Waals surface area contributed by atoms with Gasteiger partial charge in [-0.3, -0.25) is 4.72 Å². The Balaban J connectivity index is 1.47. The molecule has 1 heterocycles. The number of hydrogen-bond donors (Lipinski definition) is 3. The Kier molecular flexibility index (Phi) is 7.20. The normalized spacial score (nSPS) is 11.0. The van der Waals surface area contributed by atoms with E-state index in [0.717, 1.165) is 29.3 Å². The van der Waals surface area contributed by atoms with Gasteiger partial charge in [0.25, 0.3) is 10.0 Å². The van der Waals surface area contributed by atoms with Crippen molar-refractivity contribution in [1.29, 1.82) is 0 Å². The van der Waals surface area contributed by atoms with Crippen molar-refractivity contribution < 1.29 is 22.3 Å². The third-order valence-corrected chi connectivity index (χ3v) is 6.43. The van der Waals surface area contributed by atoms with E-state index in [1.165, 1.54) is 13.2 Å². The molecule has 0 saturated carbocycles. The van der Waals surface area contributed by atoms with Crippen LogP contribution in [0, 0.1) is 12.7 Å². The fraction of sp³-hybridized carbons (Fsp3) is 0.120. The van der Waals surface area contributed by atoms with Crippen molar-refractivity contribution >= 4 is 38.9 Å². The van der Waals surface area contributed by atoms with Gasteiger partial charge in [0.05, 0.1) is 14.2 Å². The first-order chi connectivity index (χ1) is 17.3. The molecule has 0 atom stereocenters. The van der Waals surface area contributed by atoms with Gasteiger partial charge in [-0.1, -0.05) is 0 Å². The maximum absolute atomic E-state index is 13.6. The Bertz CT molecular complexity index is 1460. The number of halogens is 1. The zero-order valence-electron chi connectivity index (χ0n) is 19.7. The molecule has 0 spiro atoms. The van der Waals surface area contributed by atoms with Crippen molar-refractivity contribution in [2.45, 2.75) is 11.8 Å². The summed E-state index contributed by atoms with van der Waals surface area (Å²) >= 11 is 0. The second-order valence-corrected chi connectivity index (χ2v) is 9.33. The highest BCUT2D eigenvalue weighted by atomic mass is 32.2. The first-order valence-corrected chi connectivity index (χ1v) is 12.2. The van der Waals surface area contributed by atoms with Gasteiger partial charge in [0.2, 0.25) is 5.95 Å². The molecule has 4 rings (SSSR count). The molecule has 3 N–H and O–H groups in total. The number of benzene rings is 3. The molecule has 0 unspecified atom stereocenters. The molecule has 36 heavy (non-hydrogen) atoms. The summed E-state index contributed by atoms with van der Waals surface area (Å²) in [5.74, 6) is 1.07. The average molecular weight is 510 g/mol. The van der Waals surface area contributed by atoms with Crippen LogP contribution in [0.25, 0.3) is 0 Å². The van der Waals surface area contributed by atoms with Crippen molar-refractivity contribution in [1.82, 2.24) is 9.97 Å². The molecule has 1 aromatic heterocycles. The highest BCUT2D eigenvalue weighted by Gasteiger charge is 2.20. The summed E-state index contributed by atoms with van der Waals surface area (Å²) < 4.78 is 51.8. The number of aromatic nitrogens is 2. The minimum Gasteiger partial charge on any atom is -0.497 e. The van der Waals surface area contributed by atoms with E-state index in [-0.39, 0.29) is 10.6 Å². The smallest absolute Gasteiger partial charge is 0.265 e. The van der Waals surface area contributed by atoms with Crippen LogP contribution in [-0.4, -0.2) is 32.6 Å². The molecule has 0 saturated heterocycles. The Morgan fingerprint density at radius 1 is 0.778 bits per heavy atom. The van der Waals surface area contributed by atoms with Gasteiger partial charge in [0, 0.05) is 28.8 Å². The number of nitrogens with one attached hydrogen (secondary N) is 3. The lowest BCUT2D eigenvalue weighted by Crippen LogP contribution is -2.14. The number of nitrogens with zero attached hydrogens (tertiary/aromatic N) is 2. The standard InChI is InChI=1S/C25H24FN5O4S/c1-16-14-24(28-18-9-11-21(34-2)12-10-18)30-25(27-16)29-19-5-7-20(8-6-19)31-36(32,33)23-15-17(26)4-13-22(23)35-3/h4-15,31H,1-3H3,(H2,27,28,29,30). The van der Waals surface area contributed by atoms with Gasteiger partial charge in [0.15, 0.2) is 0 Å². The predicted octanol–water partition coefficient (Wildman–Crippen LogP) is 5.23. The molecular formula is C25H24FN5O4S. The molecule has 0 aliphatic heterocycles. The van der Waals surface area contributed by atoms with Crippen LogP contribution in [0.3, 0.4) is 0 Å². The van der Waals surface area contributed by atoms with Gasteiger partial charge in [0.1, 0.15) is 28.0 Å². The van der Waals surface area contributed by atoms with Crippen LogP contribution in [0.4, 0.5) is 33.2 Å². The van der Waals surface area contributed by atoms with Crippen molar-refractivity contribution in [2.24, 2.45) is 0 Å². The SMILES string of the molecule is COc1ccc(Nc2cc(C)nc(Nc3ccc(NS(=O)(=O)c4cc(F)ccc4OC)cc3)n2)cc1. The van der Waals surface area contributed by atoms with E-state index in [1.807, 2.05) is 37.3 Å². The van der Waals surface area contributed by atoms with Gasteiger partial charge in [-0.05, 0) is 73.7 Å². The van der Waals surface area contributed by atoms with Gasteiger partial charge >= 0.3 is 0 Å². The molecule has 0 aliphatic rings. The van der Waals surface area contributed by atoms with Gasteiger partial charge in [-0.15, -0.1) is 0 Å². The number of ether oxygens (including phenoxy) is 2. The number of anilines is 5. The average Bonchev–Trinajstić information content (AvgIpc) is 2.85. The molecule has 0 radical (unpaired) electrons. The molecule has 3 aromatic carbocycles. The van der Waals surface area contributed by atoms with Crippen LogP contribution in [0.5, 0.6) is 11.5 Å². The molecule has 11 heteroatoms. The van der Waals surface area contributed by atoms with Crippen LogP contribution in [0.1, 0.15) is 5.69 Å². The van der Waals surface area contributed by atoms with E-state index in [0.29, 0.717) is 23.1 Å². The topological polar surface area (TPSA) is 114 Å². The van der Waals surface area contributed by atoms with E-state index in [2.05, 4.69) is 25.3 Å². The minimum atomic E-state index is -4.07. The van der Waals surface area contributed by atoms with Crippen molar-refractivity contribution in [2.75, 3.05) is 29.6 Å². The summed E-state index contributed by atoms with van der Waals surface area (Å²) in [6.07, 6.45) is 0. The summed E-state index contributed by atoms with van der Waals surface area (Å²) in [5.41, 5.74) is 2.52. The van der Waals surface area contributed by atoms with E-state index in [4.69, 9.17) is 9.47 Å². The first kappa shape index (κ1) is 24.7. The lowest BCUT2D eigenvalue weighted by atomic mass is 10.3. The summed E-state index contributed by atoms with van der Waals surface area (Å²) in [6, 6.07) is 19.0. The van der Waals surface area contributed by atoms with E-state index in [1.54, 1.807) is 31.4 Å². The van der Waals surface area contributed by atoms with E-state index in [9.17, 15) is 12.8 Å². The zero-order valence-corrected chi connectivity index (χ0v) is 20.6. The number of rotatable bonds is 9. The molecule has 4 aromatic rings. The van der Waals surface area contributed by atoms with Crippen LogP contribution in [-0.2, 0) is 10.0 Å². The van der Waals surface area contributed by atoms with Gasteiger partial charge in [-0.25, -0.2) is 17.8 Å². The number of aryl methyl sites for hydroxylation is 1.